The summed E-state index contributed by atoms with van der Waals surface area (Å²) >= 11 is 0. The second kappa shape index (κ2) is 4.65. The summed E-state index contributed by atoms with van der Waals surface area (Å²) in [6.07, 6.45) is 3.34. The van der Waals surface area contributed by atoms with Gasteiger partial charge in [0, 0.05) is 17.8 Å². The van der Waals surface area contributed by atoms with Gasteiger partial charge in [0.2, 0.25) is 5.56 Å². The number of carbonyl (C=O) groups is 1. The lowest BCUT2D eigenvalue weighted by molar-refractivity contribution is 0.0934. The zero-order valence-corrected chi connectivity index (χ0v) is 9.23. The Morgan fingerprint density at radius 1 is 1.47 bits per heavy atom. The van der Waals surface area contributed by atoms with Gasteiger partial charge in [-0.2, -0.15) is 5.10 Å². The lowest BCUT2D eigenvalue weighted by atomic mass is 10.2. The van der Waals surface area contributed by atoms with Crippen LogP contribution in [0.15, 0.2) is 35.4 Å². The summed E-state index contributed by atoms with van der Waals surface area (Å²) in [6.45, 7) is 1.84. The largest absolute Gasteiger partial charge is 0.344 e. The Hall–Kier alpha value is -2.37. The van der Waals surface area contributed by atoms with Gasteiger partial charge in [0.25, 0.3) is 5.91 Å². The molecule has 2 rings (SSSR count). The predicted octanol–water partition coefficient (Wildman–Crippen LogP) is 0.589. The Labute approximate surface area is 97.1 Å². The Balaban J connectivity index is 2.10. The highest BCUT2D eigenvalue weighted by molar-refractivity contribution is 5.92. The minimum absolute atomic E-state index is 0.176. The van der Waals surface area contributed by atoms with E-state index >= 15 is 0 Å². The molecular formula is C11H12N4O2. The van der Waals surface area contributed by atoms with Crippen molar-refractivity contribution in [1.29, 1.82) is 0 Å². The molecule has 0 saturated carbocycles. The van der Waals surface area contributed by atoms with E-state index in [1.807, 2.05) is 6.92 Å². The number of hydrogen-bond acceptors (Lipinski definition) is 3. The second-order valence-electron chi connectivity index (χ2n) is 3.66. The molecule has 2 aromatic rings. The van der Waals surface area contributed by atoms with Crippen LogP contribution in [0.3, 0.4) is 0 Å². The third kappa shape index (κ3) is 2.60. The molecule has 0 aliphatic carbocycles. The van der Waals surface area contributed by atoms with Crippen LogP contribution >= 0.6 is 0 Å². The molecule has 0 fully saturated rings. The van der Waals surface area contributed by atoms with E-state index in [2.05, 4.69) is 20.5 Å². The van der Waals surface area contributed by atoms with E-state index in [0.717, 1.165) is 5.56 Å². The molecule has 0 aromatic carbocycles. The Morgan fingerprint density at radius 3 is 2.94 bits per heavy atom. The van der Waals surface area contributed by atoms with Crippen molar-refractivity contribution < 1.29 is 4.79 Å². The quantitative estimate of drug-likeness (QED) is 0.723. The number of aromatic nitrogens is 3. The third-order valence-corrected chi connectivity index (χ3v) is 2.38. The second-order valence-corrected chi connectivity index (χ2v) is 3.66. The van der Waals surface area contributed by atoms with E-state index < -0.39 is 0 Å². The molecule has 0 spiro atoms. The van der Waals surface area contributed by atoms with Gasteiger partial charge in [-0.3, -0.25) is 14.7 Å². The fraction of sp³-hybridized carbons (Fsp3) is 0.182. The van der Waals surface area contributed by atoms with E-state index in [-0.39, 0.29) is 23.2 Å². The van der Waals surface area contributed by atoms with Gasteiger partial charge in [-0.25, -0.2) is 0 Å². The van der Waals surface area contributed by atoms with E-state index in [4.69, 9.17) is 0 Å². The first-order chi connectivity index (χ1) is 8.16. The molecule has 6 heteroatoms. The van der Waals surface area contributed by atoms with Crippen LogP contribution in [0.1, 0.15) is 29.0 Å². The summed E-state index contributed by atoms with van der Waals surface area (Å²) in [7, 11) is 0. The van der Waals surface area contributed by atoms with Crippen LogP contribution in [0.4, 0.5) is 0 Å². The van der Waals surface area contributed by atoms with Gasteiger partial charge in [0.1, 0.15) is 5.69 Å². The maximum absolute atomic E-state index is 11.8. The molecule has 1 unspecified atom stereocenters. The van der Waals surface area contributed by atoms with Gasteiger partial charge in [-0.05, 0) is 13.0 Å². The van der Waals surface area contributed by atoms with Crippen LogP contribution < -0.4 is 10.9 Å². The zero-order chi connectivity index (χ0) is 12.3. The van der Waals surface area contributed by atoms with Crippen molar-refractivity contribution in [3.8, 4) is 0 Å². The summed E-state index contributed by atoms with van der Waals surface area (Å²) in [5, 5.41) is 9.23. The standard InChI is InChI=1S/C11H12N4O2/c1-7(8-5-12-13-6-8)14-11(17)9-3-2-4-10(16)15-9/h2-7H,1H3,(H,12,13)(H,14,17)(H,15,16). The predicted molar refractivity (Wildman–Crippen MR) is 61.5 cm³/mol. The number of pyridine rings is 1. The van der Waals surface area contributed by atoms with Crippen LogP contribution in [-0.2, 0) is 0 Å². The van der Waals surface area contributed by atoms with Gasteiger partial charge < -0.3 is 10.3 Å². The van der Waals surface area contributed by atoms with E-state index in [9.17, 15) is 9.59 Å². The normalized spacial score (nSPS) is 12.1. The van der Waals surface area contributed by atoms with Gasteiger partial charge in [0.05, 0.1) is 12.2 Å². The molecule has 1 atom stereocenters. The molecule has 0 aliphatic heterocycles. The Morgan fingerprint density at radius 2 is 2.29 bits per heavy atom. The van der Waals surface area contributed by atoms with Crippen LogP contribution in [0, 0.1) is 0 Å². The number of nitrogens with zero attached hydrogens (tertiary/aromatic N) is 1. The van der Waals surface area contributed by atoms with E-state index in [0.29, 0.717) is 0 Å². The van der Waals surface area contributed by atoms with E-state index in [1.54, 1.807) is 18.5 Å². The Kier molecular flexibility index (Phi) is 3.04. The lowest BCUT2D eigenvalue weighted by Crippen LogP contribution is -2.28. The average molecular weight is 232 g/mol. The van der Waals surface area contributed by atoms with Crippen molar-refractivity contribution in [3.63, 3.8) is 0 Å². The first-order valence-corrected chi connectivity index (χ1v) is 5.15. The molecule has 0 saturated heterocycles. The van der Waals surface area contributed by atoms with Crippen molar-refractivity contribution in [3.05, 3.63) is 52.2 Å². The van der Waals surface area contributed by atoms with Crippen LogP contribution in [0.5, 0.6) is 0 Å². The summed E-state index contributed by atoms with van der Waals surface area (Å²) < 4.78 is 0. The van der Waals surface area contributed by atoms with Crippen molar-refractivity contribution in [2.24, 2.45) is 0 Å². The molecule has 0 aliphatic rings. The minimum Gasteiger partial charge on any atom is -0.344 e. The molecule has 6 nitrogen and oxygen atoms in total. The summed E-state index contributed by atoms with van der Waals surface area (Å²) in [5.41, 5.74) is 0.818. The highest BCUT2D eigenvalue weighted by atomic mass is 16.2. The van der Waals surface area contributed by atoms with Crippen molar-refractivity contribution in [1.82, 2.24) is 20.5 Å². The molecule has 0 radical (unpaired) electrons. The maximum Gasteiger partial charge on any atom is 0.268 e. The van der Waals surface area contributed by atoms with Gasteiger partial charge >= 0.3 is 0 Å². The van der Waals surface area contributed by atoms with Crippen LogP contribution in [0.2, 0.25) is 0 Å². The third-order valence-electron chi connectivity index (χ3n) is 2.38. The van der Waals surface area contributed by atoms with Crippen LogP contribution in [0.25, 0.3) is 0 Å². The number of rotatable bonds is 3. The van der Waals surface area contributed by atoms with Crippen molar-refractivity contribution >= 4 is 5.91 Å². The smallest absolute Gasteiger partial charge is 0.268 e. The van der Waals surface area contributed by atoms with Crippen molar-refractivity contribution in [2.45, 2.75) is 13.0 Å². The number of hydrogen-bond donors (Lipinski definition) is 3. The SMILES string of the molecule is CC(NC(=O)c1cccc(=O)[nH]1)c1cn[nH]c1. The van der Waals surface area contributed by atoms with Gasteiger partial charge in [-0.15, -0.1) is 0 Å². The first kappa shape index (κ1) is 11.1. The maximum atomic E-state index is 11.8. The molecule has 1 amide bonds. The number of nitrogens with one attached hydrogen (secondary N) is 3. The number of H-pyrrole nitrogens is 2. The molecule has 3 N–H and O–H groups in total. The first-order valence-electron chi connectivity index (χ1n) is 5.15. The highest BCUT2D eigenvalue weighted by Gasteiger charge is 2.12. The van der Waals surface area contributed by atoms with Crippen molar-refractivity contribution in [2.75, 3.05) is 0 Å². The highest BCUT2D eigenvalue weighted by Crippen LogP contribution is 2.09. The monoisotopic (exact) mass is 232 g/mol. The average Bonchev–Trinajstić information content (AvgIpc) is 2.82. The topological polar surface area (TPSA) is 90.6 Å². The fourth-order valence-corrected chi connectivity index (χ4v) is 1.44. The summed E-state index contributed by atoms with van der Waals surface area (Å²) in [5.74, 6) is -0.323. The van der Waals surface area contributed by atoms with Gasteiger partial charge in [-0.1, -0.05) is 6.07 Å². The molecule has 0 bridgehead atoms. The minimum atomic E-state index is -0.323. The molecule has 88 valence electrons. The van der Waals surface area contributed by atoms with Crippen LogP contribution in [-0.4, -0.2) is 21.1 Å². The number of aromatic amines is 2. The van der Waals surface area contributed by atoms with E-state index in [1.165, 1.54) is 12.1 Å². The summed E-state index contributed by atoms with van der Waals surface area (Å²) in [6, 6.07) is 4.27. The molecular weight excluding hydrogens is 220 g/mol. The number of carbonyl (C=O) groups excluding carboxylic acids is 1. The number of amides is 1. The lowest BCUT2D eigenvalue weighted by Gasteiger charge is -2.11. The fourth-order valence-electron chi connectivity index (χ4n) is 1.44. The molecule has 17 heavy (non-hydrogen) atoms. The zero-order valence-electron chi connectivity index (χ0n) is 9.23. The summed E-state index contributed by atoms with van der Waals surface area (Å²) in [4.78, 5) is 25.3. The molecule has 2 aromatic heterocycles. The van der Waals surface area contributed by atoms with Gasteiger partial charge in [0.15, 0.2) is 0 Å². The Bertz CT molecular complexity index is 559. The molecule has 2 heterocycles.